The van der Waals surface area contributed by atoms with E-state index in [-0.39, 0.29) is 16.7 Å². The van der Waals surface area contributed by atoms with Crippen molar-refractivity contribution in [3.63, 3.8) is 0 Å². The molecular formula is C21H28O. The Morgan fingerprint density at radius 1 is 0.909 bits per heavy atom. The van der Waals surface area contributed by atoms with Crippen molar-refractivity contribution in [3.8, 4) is 0 Å². The molecule has 2 aromatic carbocycles. The largest absolute Gasteiger partial charge is 0.299 e. The van der Waals surface area contributed by atoms with Crippen LogP contribution >= 0.6 is 0 Å². The smallest absolute Gasteiger partial charge is 0.142 e. The van der Waals surface area contributed by atoms with Crippen LogP contribution in [0.3, 0.4) is 0 Å². The number of hydrogen-bond acceptors (Lipinski definition) is 1. The predicted octanol–water partition coefficient (Wildman–Crippen LogP) is 5.66. The number of fused-ring (bicyclic) bond motifs is 1. The van der Waals surface area contributed by atoms with E-state index in [1.54, 1.807) is 0 Å². The fourth-order valence-electron chi connectivity index (χ4n) is 2.92. The minimum atomic E-state index is -0.297. The van der Waals surface area contributed by atoms with Gasteiger partial charge in [0.1, 0.15) is 5.78 Å². The second-order valence-electron chi connectivity index (χ2n) is 8.42. The van der Waals surface area contributed by atoms with Gasteiger partial charge in [0.2, 0.25) is 0 Å². The molecule has 22 heavy (non-hydrogen) atoms. The van der Waals surface area contributed by atoms with Gasteiger partial charge in [-0.1, -0.05) is 84.0 Å². The summed E-state index contributed by atoms with van der Waals surface area (Å²) in [6, 6.07) is 14.9. The third kappa shape index (κ3) is 3.76. The molecule has 1 nitrogen and oxygen atoms in total. The second kappa shape index (κ2) is 5.87. The Hall–Kier alpha value is -1.63. The highest BCUT2D eigenvalue weighted by Crippen LogP contribution is 2.35. The minimum absolute atomic E-state index is 0.0317. The fourth-order valence-corrected chi connectivity index (χ4v) is 2.92. The summed E-state index contributed by atoms with van der Waals surface area (Å²) in [5.41, 5.74) is 0.918. The Bertz CT molecular complexity index is 668. The van der Waals surface area contributed by atoms with E-state index >= 15 is 0 Å². The lowest BCUT2D eigenvalue weighted by Gasteiger charge is -2.34. The molecule has 1 unspecified atom stereocenters. The Morgan fingerprint density at radius 3 is 2.05 bits per heavy atom. The van der Waals surface area contributed by atoms with Crippen LogP contribution in [0.4, 0.5) is 0 Å². The normalized spacial score (nSPS) is 14.1. The molecule has 1 heteroatoms. The molecule has 0 aromatic heterocycles. The highest BCUT2D eigenvalue weighted by Gasteiger charge is 2.37. The second-order valence-corrected chi connectivity index (χ2v) is 8.42. The van der Waals surface area contributed by atoms with Crippen molar-refractivity contribution in [2.45, 2.75) is 48.0 Å². The van der Waals surface area contributed by atoms with Crippen LogP contribution in [-0.2, 0) is 11.2 Å². The van der Waals surface area contributed by atoms with Crippen LogP contribution in [0.2, 0.25) is 0 Å². The third-order valence-electron chi connectivity index (χ3n) is 4.35. The van der Waals surface area contributed by atoms with Crippen LogP contribution < -0.4 is 0 Å². The van der Waals surface area contributed by atoms with E-state index in [0.717, 1.165) is 6.42 Å². The molecule has 1 atom stereocenters. The molecule has 2 aromatic rings. The summed E-state index contributed by atoms with van der Waals surface area (Å²) in [5.74, 6) is 0.391. The molecule has 2 rings (SSSR count). The van der Waals surface area contributed by atoms with Gasteiger partial charge in [0, 0.05) is 11.3 Å². The predicted molar refractivity (Wildman–Crippen MR) is 95.1 cm³/mol. The van der Waals surface area contributed by atoms with E-state index < -0.39 is 0 Å². The number of hydrogen-bond donors (Lipinski definition) is 0. The summed E-state index contributed by atoms with van der Waals surface area (Å²) in [6.45, 7) is 12.6. The van der Waals surface area contributed by atoms with E-state index in [0.29, 0.717) is 5.78 Å². The van der Waals surface area contributed by atoms with Crippen LogP contribution in [-0.4, -0.2) is 5.78 Å². The average molecular weight is 296 g/mol. The summed E-state index contributed by atoms with van der Waals surface area (Å²) in [6.07, 6.45) is 0.810. The Morgan fingerprint density at radius 2 is 1.50 bits per heavy atom. The minimum Gasteiger partial charge on any atom is -0.299 e. The maximum atomic E-state index is 12.9. The van der Waals surface area contributed by atoms with E-state index in [1.165, 1.54) is 16.3 Å². The molecule has 0 heterocycles. The van der Waals surface area contributed by atoms with E-state index in [9.17, 15) is 4.79 Å². The standard InChI is InChI=1S/C21H28O/c1-20(2,3)18(19(22)21(4,5)6)14-15-11-12-16-9-7-8-10-17(16)13-15/h7-13,18H,14H2,1-6H3. The first-order valence-corrected chi connectivity index (χ1v) is 8.11. The van der Waals surface area contributed by atoms with Crippen LogP contribution in [0, 0.1) is 16.7 Å². The van der Waals surface area contributed by atoms with Gasteiger partial charge in [-0.25, -0.2) is 0 Å². The van der Waals surface area contributed by atoms with Crippen LogP contribution in [0.25, 0.3) is 10.8 Å². The van der Waals surface area contributed by atoms with Gasteiger partial charge in [-0.3, -0.25) is 4.79 Å². The van der Waals surface area contributed by atoms with Crippen molar-refractivity contribution < 1.29 is 4.79 Å². The van der Waals surface area contributed by atoms with Crippen molar-refractivity contribution in [2.75, 3.05) is 0 Å². The van der Waals surface area contributed by atoms with Crippen molar-refractivity contribution in [1.29, 1.82) is 0 Å². The third-order valence-corrected chi connectivity index (χ3v) is 4.35. The van der Waals surface area contributed by atoms with Crippen molar-refractivity contribution in [3.05, 3.63) is 48.0 Å². The summed E-state index contributed by atoms with van der Waals surface area (Å²) < 4.78 is 0. The molecule has 0 aliphatic rings. The lowest BCUT2D eigenvalue weighted by molar-refractivity contribution is -0.133. The molecule has 0 saturated carbocycles. The molecule has 0 aliphatic heterocycles. The van der Waals surface area contributed by atoms with Gasteiger partial charge in [0.25, 0.3) is 0 Å². The van der Waals surface area contributed by atoms with Crippen LogP contribution in [0.1, 0.15) is 47.1 Å². The van der Waals surface area contributed by atoms with E-state index in [2.05, 4.69) is 63.2 Å². The molecule has 118 valence electrons. The zero-order chi connectivity index (χ0) is 16.5. The Kier molecular flexibility index (Phi) is 4.47. The number of benzene rings is 2. The van der Waals surface area contributed by atoms with Gasteiger partial charge in [0.15, 0.2) is 0 Å². The first-order chi connectivity index (χ1) is 10.1. The monoisotopic (exact) mass is 296 g/mol. The summed E-state index contributed by atoms with van der Waals surface area (Å²) in [7, 11) is 0. The van der Waals surface area contributed by atoms with Gasteiger partial charge in [-0.05, 0) is 28.2 Å². The van der Waals surface area contributed by atoms with Crippen LogP contribution in [0.5, 0.6) is 0 Å². The van der Waals surface area contributed by atoms with Gasteiger partial charge in [-0.15, -0.1) is 0 Å². The molecule has 0 fully saturated rings. The molecule has 0 aliphatic carbocycles. The Balaban J connectivity index is 2.35. The first-order valence-electron chi connectivity index (χ1n) is 8.11. The number of Topliss-reactive ketones (excluding diaryl/α,β-unsaturated/α-hetero) is 1. The lowest BCUT2D eigenvalue weighted by Crippen LogP contribution is -2.37. The highest BCUT2D eigenvalue weighted by molar-refractivity contribution is 5.87. The fraction of sp³-hybridized carbons (Fsp3) is 0.476. The maximum absolute atomic E-state index is 12.9. The number of carbonyl (C=O) groups excluding carboxylic acids is 1. The molecule has 0 radical (unpaired) electrons. The summed E-state index contributed by atoms with van der Waals surface area (Å²) in [4.78, 5) is 12.9. The average Bonchev–Trinajstić information content (AvgIpc) is 2.41. The number of carbonyl (C=O) groups is 1. The van der Waals surface area contributed by atoms with Crippen molar-refractivity contribution in [1.82, 2.24) is 0 Å². The van der Waals surface area contributed by atoms with Crippen LogP contribution in [0.15, 0.2) is 42.5 Å². The number of ketones is 1. The topological polar surface area (TPSA) is 17.1 Å². The molecule has 0 saturated heterocycles. The number of rotatable bonds is 3. The molecule has 0 N–H and O–H groups in total. The molecule has 0 bridgehead atoms. The molecular weight excluding hydrogens is 268 g/mol. The summed E-state index contributed by atoms with van der Waals surface area (Å²) >= 11 is 0. The molecule has 0 spiro atoms. The SMILES string of the molecule is CC(C)(C)C(=O)C(Cc1ccc2ccccc2c1)C(C)(C)C. The zero-order valence-electron chi connectivity index (χ0n) is 14.7. The Labute approximate surface area is 134 Å². The first kappa shape index (κ1) is 16.7. The van der Waals surface area contributed by atoms with Gasteiger partial charge < -0.3 is 0 Å². The van der Waals surface area contributed by atoms with Crippen molar-refractivity contribution in [2.24, 2.45) is 16.7 Å². The van der Waals surface area contributed by atoms with Gasteiger partial charge in [0.05, 0.1) is 0 Å². The summed E-state index contributed by atoms with van der Waals surface area (Å²) in [5, 5.41) is 2.50. The van der Waals surface area contributed by atoms with E-state index in [1.807, 2.05) is 20.8 Å². The zero-order valence-corrected chi connectivity index (χ0v) is 14.7. The van der Waals surface area contributed by atoms with E-state index in [4.69, 9.17) is 0 Å². The lowest BCUT2D eigenvalue weighted by atomic mass is 9.69. The van der Waals surface area contributed by atoms with Gasteiger partial charge in [-0.2, -0.15) is 0 Å². The molecule has 0 amide bonds. The van der Waals surface area contributed by atoms with Crippen molar-refractivity contribution >= 4 is 16.6 Å². The van der Waals surface area contributed by atoms with Gasteiger partial charge >= 0.3 is 0 Å². The quantitative estimate of drug-likeness (QED) is 0.714. The maximum Gasteiger partial charge on any atom is 0.142 e. The highest BCUT2D eigenvalue weighted by atomic mass is 16.1.